The first-order valence-corrected chi connectivity index (χ1v) is 44.0. The van der Waals surface area contributed by atoms with Crippen molar-refractivity contribution in [1.82, 2.24) is 0 Å². The zero-order valence-electron chi connectivity index (χ0n) is 77.1. The Balaban J connectivity index is 0.000000155. The number of rotatable bonds is 23. The Morgan fingerprint density at radius 3 is 1.10 bits per heavy atom. The third kappa shape index (κ3) is 21.5. The number of cyclic esters (lactones) is 6. The van der Waals surface area contributed by atoms with Crippen molar-refractivity contribution in [2.75, 3.05) is 46.2 Å². The Morgan fingerprint density at radius 1 is 0.390 bits per heavy atom. The van der Waals surface area contributed by atoms with Crippen LogP contribution in [-0.2, 0) is 171 Å². The van der Waals surface area contributed by atoms with Crippen LogP contribution in [0.2, 0.25) is 0 Å². The van der Waals surface area contributed by atoms with Gasteiger partial charge in [0.15, 0.2) is 47.6 Å². The predicted octanol–water partition coefficient (Wildman–Crippen LogP) is 8.19. The van der Waals surface area contributed by atoms with Gasteiger partial charge in [-0.1, -0.05) is 52.6 Å². The van der Waals surface area contributed by atoms with E-state index in [1.807, 2.05) is 0 Å². The van der Waals surface area contributed by atoms with E-state index in [0.29, 0.717) is 48.0 Å². The van der Waals surface area contributed by atoms with Gasteiger partial charge in [-0.25, -0.2) is 68.9 Å². The number of carbonyl (C=O) groups is 18. The highest BCUT2D eigenvalue weighted by Gasteiger charge is 2.83. The normalized spacial score (nSPS) is 34.7. The molecule has 0 radical (unpaired) electrons. The molecule has 0 aromatic rings. The highest BCUT2D eigenvalue weighted by Crippen LogP contribution is 2.70. The number of carbonyl (C=O) groups excluding carboxylic acids is 18. The van der Waals surface area contributed by atoms with Gasteiger partial charge in [0.1, 0.15) is 92.9 Å². The quantitative estimate of drug-likeness (QED) is 0.0306. The standard InChI is InChI=1S/C15H15F3O6.C15H15NO6.C13H13F3O4.2C13H13NO4.C9H12O5.C8H10O5.C7H8O5/c1-6(2)12(20)22-5-9(19)23-10-7-3-8-11(10)24-13(21)14(8,4-7)15(16,17)18;1-7(2)13(18)20-5-10(17)21-11-8-3-9-12(11)22-14(19)15(9,4-8)6-16;1-5(2)10(17)19-8-6-3-7-9(8)20-11(18)12(7,4-6)13(14,15)16;1-6(2)11(15)17-9-7-3-8-10(9)18-12(16)13(8,4-7)5-14;1-5(2)12(15)17-11-7-4-6-8(9(7)14-3)13(16)18-10(6)11;1-6(2)8(10)12-4-3-7-5-13-9(11)14-7;1-5(2)7(9)11-3-6-4-12-8(10)13-6;1-4(2)6(8)11-5-3-10-7(9)12-5/h7-8,10-11H,1,3-5H2,2H3;8-9,11-12H,1,3-5H2,2H3;6-9H,1,3-4H2,2H3;7-10H,1,3-4H2,2H3;6-11H,1,4H2,2H3;7H,1,3-5H2,2H3;6H,1,3-4H2,2H3;5H,1,3H2,2H3. The van der Waals surface area contributed by atoms with Gasteiger partial charge in [0, 0.05) is 104 Å². The molecule has 141 heavy (non-hydrogen) atoms. The number of alkyl halides is 6. The van der Waals surface area contributed by atoms with Gasteiger partial charge in [-0.05, 0) is 113 Å². The number of hydrogen-bond donors (Lipinski definition) is 0. The second-order valence-electron chi connectivity index (χ2n) is 37.0. The van der Waals surface area contributed by atoms with Crippen molar-refractivity contribution in [3.05, 3.63) is 109 Å². The van der Waals surface area contributed by atoms with Gasteiger partial charge in [0.05, 0.1) is 24.7 Å². The summed E-state index contributed by atoms with van der Waals surface area (Å²) in [5.41, 5.74) is -4.91. The third-order valence-corrected chi connectivity index (χ3v) is 27.2. The van der Waals surface area contributed by atoms with Crippen LogP contribution in [0, 0.1) is 116 Å². The van der Waals surface area contributed by atoms with E-state index in [9.17, 15) is 123 Å². The van der Waals surface area contributed by atoms with E-state index in [1.165, 1.54) is 27.7 Å². The zero-order valence-corrected chi connectivity index (χ0v) is 77.1. The highest BCUT2D eigenvalue weighted by atomic mass is 19.4. The van der Waals surface area contributed by atoms with Crippen LogP contribution < -0.4 is 0 Å². The molecule has 10 saturated carbocycles. The molecule has 18 fully saturated rings. The number of fused-ring (bicyclic) bond motifs is 5. The number of esters is 15. The summed E-state index contributed by atoms with van der Waals surface area (Å²) in [6.45, 7) is 46.1. The fourth-order valence-corrected chi connectivity index (χ4v) is 20.8. The molecule has 0 spiro atoms. The molecule has 48 heteroatoms. The molecular weight excluding hydrogens is 1900 g/mol. The van der Waals surface area contributed by atoms with Crippen LogP contribution in [0.15, 0.2) is 97.2 Å². The largest absolute Gasteiger partial charge is 0.511 e. The molecule has 18 aliphatic rings. The molecule has 8 heterocycles. The van der Waals surface area contributed by atoms with Gasteiger partial charge in [-0.3, -0.25) is 24.0 Å². The lowest BCUT2D eigenvalue weighted by atomic mass is 9.73. The van der Waals surface area contributed by atoms with Crippen LogP contribution in [0.5, 0.6) is 0 Å². The van der Waals surface area contributed by atoms with Crippen LogP contribution in [0.1, 0.15) is 120 Å². The Bertz CT molecular complexity index is 5410. The molecule has 8 aliphatic heterocycles. The molecule has 8 saturated heterocycles. The average molecular weight is 2000 g/mol. The second-order valence-corrected chi connectivity index (χ2v) is 37.0. The fourth-order valence-electron chi connectivity index (χ4n) is 20.8. The van der Waals surface area contributed by atoms with Crippen molar-refractivity contribution in [2.45, 2.75) is 218 Å². The summed E-state index contributed by atoms with van der Waals surface area (Å²) in [6, 6.07) is 3.80. The third-order valence-electron chi connectivity index (χ3n) is 27.2. The predicted molar refractivity (Wildman–Crippen MR) is 444 cm³/mol. The molecule has 29 unspecified atom stereocenters. The van der Waals surface area contributed by atoms with E-state index in [4.69, 9.17) is 72.9 Å². The summed E-state index contributed by atoms with van der Waals surface area (Å²) in [4.78, 5) is 207. The van der Waals surface area contributed by atoms with Gasteiger partial charge in [0.2, 0.25) is 6.04 Å². The summed E-state index contributed by atoms with van der Waals surface area (Å²) >= 11 is 0. The monoisotopic (exact) mass is 2000 g/mol. The second kappa shape index (κ2) is 42.1. The first kappa shape index (κ1) is 107. The van der Waals surface area contributed by atoms with Crippen molar-refractivity contribution < 1.29 is 212 Å². The summed E-state index contributed by atoms with van der Waals surface area (Å²) in [5, 5.41) is 18.5. The summed E-state index contributed by atoms with van der Waals surface area (Å²) < 4.78 is 182. The molecule has 42 nitrogen and oxygen atoms in total. The number of nitrogens with zero attached hydrogens (tertiary/aromatic N) is 3. The topological polar surface area (TPSA) is 553 Å². The van der Waals surface area contributed by atoms with Gasteiger partial charge < -0.3 is 104 Å². The lowest BCUT2D eigenvalue weighted by Gasteiger charge is -2.33. The van der Waals surface area contributed by atoms with Gasteiger partial charge in [-0.2, -0.15) is 36.9 Å². The van der Waals surface area contributed by atoms with Gasteiger partial charge >= 0.3 is 120 Å². The van der Waals surface area contributed by atoms with E-state index in [-0.39, 0.29) is 134 Å². The van der Waals surface area contributed by atoms with Crippen molar-refractivity contribution in [3.8, 4) is 12.1 Å². The van der Waals surface area contributed by atoms with Crippen molar-refractivity contribution in [2.24, 2.45) is 86.8 Å². The van der Waals surface area contributed by atoms with Crippen LogP contribution >= 0.6 is 0 Å². The molecule has 762 valence electrons. The summed E-state index contributed by atoms with van der Waals surface area (Å²) in [5.74, 6) is -13.7. The summed E-state index contributed by atoms with van der Waals surface area (Å²) in [7, 11) is 0. The number of nitriles is 2. The maximum Gasteiger partial charge on any atom is 0.511 e. The van der Waals surface area contributed by atoms with Crippen LogP contribution in [-0.4, -0.2) is 252 Å². The first-order chi connectivity index (χ1) is 66.0. The maximum atomic E-state index is 13.4. The number of ether oxygens (including phenoxy) is 21. The van der Waals surface area contributed by atoms with Crippen LogP contribution in [0.4, 0.5) is 40.7 Å². The Kier molecular flexibility index (Phi) is 32.0. The first-order valence-electron chi connectivity index (χ1n) is 44.0. The maximum absolute atomic E-state index is 13.4. The molecule has 29 atom stereocenters. The Hall–Kier alpha value is -14.2. The smallest absolute Gasteiger partial charge is 0.462 e. The average Bonchev–Trinajstić information content (AvgIpc) is 1.64. The molecule has 18 rings (SSSR count). The molecule has 0 N–H and O–H groups in total. The minimum Gasteiger partial charge on any atom is -0.462 e. The van der Waals surface area contributed by atoms with E-state index in [1.54, 1.807) is 27.7 Å². The Morgan fingerprint density at radius 2 is 0.730 bits per heavy atom. The van der Waals surface area contributed by atoms with E-state index in [0.717, 1.165) is 12.8 Å². The van der Waals surface area contributed by atoms with Gasteiger partial charge in [0.25, 0.3) is 6.29 Å². The van der Waals surface area contributed by atoms with Crippen LogP contribution in [0.3, 0.4) is 0 Å². The summed E-state index contributed by atoms with van der Waals surface area (Å²) in [6.07, 6.45) is -17.0. The van der Waals surface area contributed by atoms with E-state index >= 15 is 0 Å². The molecular formula is C93H99F6N3O39. The zero-order chi connectivity index (χ0) is 104. The molecule has 0 aromatic carbocycles. The van der Waals surface area contributed by atoms with Crippen molar-refractivity contribution in [1.29, 1.82) is 10.5 Å². The minimum atomic E-state index is -4.69. The molecule has 10 aliphatic carbocycles. The van der Waals surface area contributed by atoms with Crippen LogP contribution in [0.25, 0.3) is 4.85 Å². The SMILES string of the molecule is C=C(C)C(=O)OC1C2CC3C1OC(=O)C3(C#N)C2.C=C(C)C(=O)OC1C2CC3C1OC(=O)C3(C(F)(F)F)C2.C=C(C)C(=O)OC1COC(=O)O1.C=C(C)C(=O)OCC(=O)OC1C2CC3C1OC(=O)C3(C#N)C2.C=C(C)C(=O)OCC(=O)OC1C2CC3C1OC(=O)C3(C(F)(F)F)C2.C=C(C)C(=O)OCC1COC(=O)O1.C=C(C)C(=O)OCCC1COC(=O)O1.[C-]#[N+]C1C2CC3C(OC(=O)C31)C2OC(=O)C(=C)C. The molecule has 0 aromatic heterocycles. The molecule has 0 amide bonds. The number of halogens is 6. The van der Waals surface area contributed by atoms with Crippen molar-refractivity contribution in [3.63, 3.8) is 0 Å². The van der Waals surface area contributed by atoms with Crippen molar-refractivity contribution >= 4 is 108 Å². The highest BCUT2D eigenvalue weighted by molar-refractivity contribution is 5.93. The fraction of sp³-hybridized carbons (Fsp3) is 0.602. The van der Waals surface area contributed by atoms with E-state index < -0.39 is 253 Å². The Labute approximate surface area is 798 Å². The number of hydrogen-bond acceptors (Lipinski definition) is 41. The van der Waals surface area contributed by atoms with E-state index in [2.05, 4.69) is 103 Å². The van der Waals surface area contributed by atoms with Gasteiger partial charge in [-0.15, -0.1) is 0 Å². The molecule has 10 bridgehead atoms. The minimum absolute atomic E-state index is 0.0113. The lowest BCUT2D eigenvalue weighted by Crippen LogP contribution is -2.48. The lowest BCUT2D eigenvalue weighted by molar-refractivity contribution is -0.232.